The lowest BCUT2D eigenvalue weighted by atomic mass is 10.1. The van der Waals surface area contributed by atoms with Gasteiger partial charge in [-0.15, -0.1) is 0 Å². The lowest BCUT2D eigenvalue weighted by molar-refractivity contribution is -0.929. The highest BCUT2D eigenvalue weighted by Crippen LogP contribution is 2.13. The first kappa shape index (κ1) is 19.1. The first-order valence-corrected chi connectivity index (χ1v) is 7.81. The fourth-order valence-corrected chi connectivity index (χ4v) is 2.50. The van der Waals surface area contributed by atoms with Crippen LogP contribution >= 0.6 is 0 Å². The molecule has 2 atom stereocenters. The third kappa shape index (κ3) is 7.06. The monoisotopic (exact) mass is 285 g/mol. The summed E-state index contributed by atoms with van der Waals surface area (Å²) in [7, 11) is 0. The number of carbonyl (C=O) groups excluding carboxylic acids is 1. The van der Waals surface area contributed by atoms with E-state index < -0.39 is 18.0 Å². The van der Waals surface area contributed by atoms with Crippen molar-refractivity contribution in [1.82, 2.24) is 0 Å². The van der Waals surface area contributed by atoms with Crippen LogP contribution in [0, 0.1) is 5.92 Å². The topological polar surface area (TPSA) is 60.4 Å². The molecule has 0 aromatic heterocycles. The van der Waals surface area contributed by atoms with E-state index in [4.69, 9.17) is 0 Å². The minimum absolute atomic E-state index is 0.494. The smallest absolute Gasteiger partial charge is 0.121 e. The summed E-state index contributed by atoms with van der Waals surface area (Å²) in [6.45, 7) is 10.6. The van der Waals surface area contributed by atoms with Gasteiger partial charge in [0, 0.05) is 11.9 Å². The van der Waals surface area contributed by atoms with Crippen LogP contribution in [0.25, 0.3) is 0 Å². The highest BCUT2D eigenvalue weighted by Gasteiger charge is 2.28. The Morgan fingerprint density at radius 2 is 1.85 bits per heavy atom. The molecule has 0 aliphatic heterocycles. The van der Waals surface area contributed by atoms with Gasteiger partial charge in [0.05, 0.1) is 19.6 Å². The number of nitrogens with zero attached hydrogens (tertiary/aromatic N) is 1. The summed E-state index contributed by atoms with van der Waals surface area (Å²) in [5.41, 5.74) is 0. The van der Waals surface area contributed by atoms with Crippen LogP contribution in [0.4, 0.5) is 0 Å². The van der Waals surface area contributed by atoms with Gasteiger partial charge in [-0.05, 0) is 20.3 Å². The van der Waals surface area contributed by atoms with E-state index in [1.807, 2.05) is 26.0 Å². The molecule has 0 amide bonds. The SMILES string of the molecule is CCCC/C=C/C(O)C[N+](CC)(CC)CC(C)C(=O)[O-]. The molecule has 4 nitrogen and oxygen atoms in total. The van der Waals surface area contributed by atoms with Crippen molar-refractivity contribution in [2.45, 2.75) is 53.1 Å². The molecule has 0 fully saturated rings. The molecular weight excluding hydrogens is 254 g/mol. The molecule has 2 unspecified atom stereocenters. The zero-order valence-electron chi connectivity index (χ0n) is 13.5. The first-order chi connectivity index (χ1) is 9.40. The van der Waals surface area contributed by atoms with Crippen molar-refractivity contribution in [3.05, 3.63) is 12.2 Å². The van der Waals surface area contributed by atoms with Gasteiger partial charge in [0.15, 0.2) is 0 Å². The van der Waals surface area contributed by atoms with Gasteiger partial charge in [0.2, 0.25) is 0 Å². The summed E-state index contributed by atoms with van der Waals surface area (Å²) in [5, 5.41) is 21.1. The van der Waals surface area contributed by atoms with E-state index in [1.54, 1.807) is 6.92 Å². The molecule has 0 aromatic rings. The van der Waals surface area contributed by atoms with Crippen molar-refractivity contribution in [3.8, 4) is 0 Å². The minimum Gasteiger partial charge on any atom is -0.550 e. The molecule has 1 N–H and O–H groups in total. The van der Waals surface area contributed by atoms with E-state index in [-0.39, 0.29) is 0 Å². The average Bonchev–Trinajstić information content (AvgIpc) is 2.42. The highest BCUT2D eigenvalue weighted by molar-refractivity contribution is 5.67. The molecule has 4 heteroatoms. The third-order valence-electron chi connectivity index (χ3n) is 4.06. The third-order valence-corrected chi connectivity index (χ3v) is 4.06. The number of aliphatic hydroxyl groups excluding tert-OH is 1. The number of carbonyl (C=O) groups is 1. The van der Waals surface area contributed by atoms with Gasteiger partial charge in [-0.1, -0.05) is 38.8 Å². The van der Waals surface area contributed by atoms with Crippen molar-refractivity contribution in [2.24, 2.45) is 5.92 Å². The first-order valence-electron chi connectivity index (χ1n) is 7.81. The number of hydrogen-bond acceptors (Lipinski definition) is 3. The number of carboxylic acid groups (broad SMARTS) is 1. The lowest BCUT2D eigenvalue weighted by Crippen LogP contribution is -2.55. The molecule has 0 aliphatic rings. The summed E-state index contributed by atoms with van der Waals surface area (Å²) < 4.78 is 0.606. The van der Waals surface area contributed by atoms with E-state index >= 15 is 0 Å². The van der Waals surface area contributed by atoms with Gasteiger partial charge >= 0.3 is 0 Å². The van der Waals surface area contributed by atoms with Gasteiger partial charge in [0.1, 0.15) is 12.6 Å². The number of hydrogen-bond donors (Lipinski definition) is 1. The maximum atomic E-state index is 10.9. The number of quaternary nitrogens is 1. The van der Waals surface area contributed by atoms with Gasteiger partial charge in [0.25, 0.3) is 0 Å². The Morgan fingerprint density at radius 1 is 1.25 bits per heavy atom. The number of carboxylic acids is 1. The lowest BCUT2D eigenvalue weighted by Gasteiger charge is -2.40. The predicted molar refractivity (Wildman–Crippen MR) is 79.9 cm³/mol. The number of allylic oxidation sites excluding steroid dienone is 1. The van der Waals surface area contributed by atoms with Gasteiger partial charge in [-0.3, -0.25) is 0 Å². The summed E-state index contributed by atoms with van der Waals surface area (Å²) >= 11 is 0. The maximum Gasteiger partial charge on any atom is 0.121 e. The van der Waals surface area contributed by atoms with Crippen LogP contribution < -0.4 is 5.11 Å². The molecule has 0 aliphatic carbocycles. The van der Waals surface area contributed by atoms with Crippen molar-refractivity contribution in [1.29, 1.82) is 0 Å². The molecule has 0 saturated heterocycles. The zero-order valence-corrected chi connectivity index (χ0v) is 13.5. The van der Waals surface area contributed by atoms with Crippen molar-refractivity contribution >= 4 is 5.97 Å². The normalized spacial score (nSPS) is 15.4. The van der Waals surface area contributed by atoms with E-state index in [1.165, 1.54) is 0 Å². The number of aliphatic carboxylic acids is 1. The van der Waals surface area contributed by atoms with Crippen LogP contribution in [0.15, 0.2) is 12.2 Å². The highest BCUT2D eigenvalue weighted by atomic mass is 16.4. The fraction of sp³-hybridized carbons (Fsp3) is 0.812. The summed E-state index contributed by atoms with van der Waals surface area (Å²) in [5.74, 6) is -1.51. The molecular formula is C16H31NO3. The second-order valence-electron chi connectivity index (χ2n) is 5.70. The van der Waals surface area contributed by atoms with Gasteiger partial charge in [-0.25, -0.2) is 0 Å². The van der Waals surface area contributed by atoms with E-state index in [9.17, 15) is 15.0 Å². The fourth-order valence-electron chi connectivity index (χ4n) is 2.50. The quantitative estimate of drug-likeness (QED) is 0.354. The second kappa shape index (κ2) is 9.94. The molecule has 0 radical (unpaired) electrons. The van der Waals surface area contributed by atoms with Crippen LogP contribution in [-0.4, -0.2) is 47.8 Å². The van der Waals surface area contributed by atoms with E-state index in [0.717, 1.165) is 32.4 Å². The Balaban J connectivity index is 4.58. The average molecular weight is 285 g/mol. The molecule has 0 aromatic carbocycles. The molecule has 0 bridgehead atoms. The second-order valence-corrected chi connectivity index (χ2v) is 5.70. The Kier molecular flexibility index (Phi) is 9.51. The van der Waals surface area contributed by atoms with Gasteiger partial charge < -0.3 is 19.5 Å². The summed E-state index contributed by atoms with van der Waals surface area (Å²) in [6.07, 6.45) is 6.62. The molecule has 20 heavy (non-hydrogen) atoms. The standard InChI is InChI=1S/C16H31NO3/c1-5-8-9-10-11-15(18)13-17(6-2,7-3)12-14(4)16(19)20/h10-11,14-15,18H,5-9,12-13H2,1-4H3/b11-10+. The van der Waals surface area contributed by atoms with E-state index in [0.29, 0.717) is 17.6 Å². The number of aliphatic hydroxyl groups is 1. The molecule has 0 saturated carbocycles. The Bertz CT molecular complexity index is 298. The predicted octanol–water partition coefficient (Wildman–Crippen LogP) is 1.34. The Morgan fingerprint density at radius 3 is 2.30 bits per heavy atom. The van der Waals surface area contributed by atoms with Crippen molar-refractivity contribution in [2.75, 3.05) is 26.2 Å². The molecule has 0 spiro atoms. The number of rotatable bonds is 11. The molecule has 0 rings (SSSR count). The Hall–Kier alpha value is -0.870. The van der Waals surface area contributed by atoms with Crippen LogP contribution in [0.3, 0.4) is 0 Å². The zero-order chi connectivity index (χ0) is 15.6. The minimum atomic E-state index is -1.01. The Labute approximate surface area is 123 Å². The molecule has 0 heterocycles. The van der Waals surface area contributed by atoms with Crippen LogP contribution in [0.2, 0.25) is 0 Å². The van der Waals surface area contributed by atoms with Crippen LogP contribution in [0.1, 0.15) is 47.0 Å². The van der Waals surface area contributed by atoms with Crippen molar-refractivity contribution < 1.29 is 19.5 Å². The van der Waals surface area contributed by atoms with Crippen LogP contribution in [0.5, 0.6) is 0 Å². The number of likely N-dealkylation sites (N-methyl/N-ethyl adjacent to an activating group) is 1. The number of unbranched alkanes of at least 4 members (excludes halogenated alkanes) is 2. The van der Waals surface area contributed by atoms with Crippen molar-refractivity contribution in [3.63, 3.8) is 0 Å². The molecule has 118 valence electrons. The maximum absolute atomic E-state index is 10.9. The van der Waals surface area contributed by atoms with E-state index in [2.05, 4.69) is 6.92 Å². The summed E-state index contributed by atoms with van der Waals surface area (Å²) in [6, 6.07) is 0. The summed E-state index contributed by atoms with van der Waals surface area (Å²) in [4.78, 5) is 10.9. The van der Waals surface area contributed by atoms with Gasteiger partial charge in [-0.2, -0.15) is 0 Å². The van der Waals surface area contributed by atoms with Crippen LogP contribution in [-0.2, 0) is 4.79 Å². The largest absolute Gasteiger partial charge is 0.550 e.